The molecule has 0 unspecified atom stereocenters. The fourth-order valence-corrected chi connectivity index (χ4v) is 3.44. The molecule has 1 fully saturated rings. The summed E-state index contributed by atoms with van der Waals surface area (Å²) in [4.78, 5) is 16.8. The molecule has 1 heterocycles. The van der Waals surface area contributed by atoms with Crippen molar-refractivity contribution in [2.24, 2.45) is 0 Å². The summed E-state index contributed by atoms with van der Waals surface area (Å²) in [6, 6.07) is 11.3. The van der Waals surface area contributed by atoms with Crippen LogP contribution in [0.25, 0.3) is 0 Å². The van der Waals surface area contributed by atoms with Crippen LogP contribution in [0.1, 0.15) is 21.5 Å². The number of nitrogens with zero attached hydrogens (tertiary/aromatic N) is 2. The van der Waals surface area contributed by atoms with Gasteiger partial charge in [-0.15, -0.1) is 0 Å². The number of rotatable bonds is 2. The minimum atomic E-state index is -0.116. The van der Waals surface area contributed by atoms with E-state index < -0.39 is 0 Å². The minimum absolute atomic E-state index is 0.0279. The maximum atomic E-state index is 12.7. The van der Waals surface area contributed by atoms with Crippen molar-refractivity contribution in [2.75, 3.05) is 31.1 Å². The molecule has 0 atom stereocenters. The van der Waals surface area contributed by atoms with E-state index >= 15 is 0 Å². The van der Waals surface area contributed by atoms with E-state index in [0.29, 0.717) is 18.7 Å². The van der Waals surface area contributed by atoms with Gasteiger partial charge in [0.15, 0.2) is 0 Å². The minimum Gasteiger partial charge on any atom is -0.507 e. The van der Waals surface area contributed by atoms with Gasteiger partial charge in [0.2, 0.25) is 0 Å². The molecule has 0 aromatic heterocycles. The molecule has 1 saturated heterocycles. The van der Waals surface area contributed by atoms with Gasteiger partial charge < -0.3 is 14.9 Å². The first kappa shape index (κ1) is 16.8. The number of benzene rings is 2. The highest BCUT2D eigenvalue weighted by molar-refractivity contribution is 9.10. The van der Waals surface area contributed by atoms with Gasteiger partial charge in [-0.3, -0.25) is 4.79 Å². The normalized spacial score (nSPS) is 14.8. The lowest BCUT2D eigenvalue weighted by Gasteiger charge is -2.37. The number of hydrogen-bond donors (Lipinski definition) is 1. The van der Waals surface area contributed by atoms with Crippen molar-refractivity contribution in [3.05, 3.63) is 57.6 Å². The van der Waals surface area contributed by atoms with Crippen LogP contribution in [0.3, 0.4) is 0 Å². The van der Waals surface area contributed by atoms with E-state index in [1.807, 2.05) is 4.90 Å². The summed E-state index contributed by atoms with van der Waals surface area (Å²) in [6.07, 6.45) is 0. The number of piperazine rings is 1. The zero-order chi connectivity index (χ0) is 17.3. The quantitative estimate of drug-likeness (QED) is 0.851. The molecule has 4 nitrogen and oxygen atoms in total. The third-order valence-corrected chi connectivity index (χ3v) is 5.17. The predicted octanol–water partition coefficient (Wildman–Crippen LogP) is 3.73. The topological polar surface area (TPSA) is 43.8 Å². The molecule has 1 N–H and O–H groups in total. The van der Waals surface area contributed by atoms with Crippen LogP contribution in [-0.4, -0.2) is 42.1 Å². The lowest BCUT2D eigenvalue weighted by Crippen LogP contribution is -2.49. The fourth-order valence-electron chi connectivity index (χ4n) is 3.08. The van der Waals surface area contributed by atoms with Gasteiger partial charge in [0.1, 0.15) is 5.75 Å². The highest BCUT2D eigenvalue weighted by atomic mass is 79.9. The van der Waals surface area contributed by atoms with E-state index in [-0.39, 0.29) is 11.7 Å². The number of phenols is 1. The number of aryl methyl sites for hydroxylation is 1. The van der Waals surface area contributed by atoms with Crippen LogP contribution in [-0.2, 0) is 0 Å². The van der Waals surface area contributed by atoms with E-state index in [4.69, 9.17) is 0 Å². The Bertz CT molecular complexity index is 768. The average molecular weight is 389 g/mol. The number of hydrogen-bond acceptors (Lipinski definition) is 3. The summed E-state index contributed by atoms with van der Waals surface area (Å²) in [6.45, 7) is 7.16. The zero-order valence-electron chi connectivity index (χ0n) is 13.9. The number of carbonyl (C=O) groups is 1. The maximum Gasteiger partial charge on any atom is 0.257 e. The number of amides is 1. The van der Waals surface area contributed by atoms with Crippen LogP contribution < -0.4 is 4.90 Å². The predicted molar refractivity (Wildman–Crippen MR) is 99.8 cm³/mol. The summed E-state index contributed by atoms with van der Waals surface area (Å²) >= 11 is 3.35. The first-order chi connectivity index (χ1) is 11.5. The van der Waals surface area contributed by atoms with E-state index in [2.05, 4.69) is 52.9 Å². The van der Waals surface area contributed by atoms with Gasteiger partial charge in [-0.05, 0) is 49.2 Å². The Morgan fingerprint density at radius 2 is 1.79 bits per heavy atom. The Labute approximate surface area is 150 Å². The van der Waals surface area contributed by atoms with Gasteiger partial charge in [0, 0.05) is 36.3 Å². The summed E-state index contributed by atoms with van der Waals surface area (Å²) in [5.74, 6) is -0.0884. The molecule has 1 aliphatic heterocycles. The summed E-state index contributed by atoms with van der Waals surface area (Å²) in [7, 11) is 0. The first-order valence-corrected chi connectivity index (χ1v) is 8.85. The van der Waals surface area contributed by atoms with Gasteiger partial charge >= 0.3 is 0 Å². The van der Waals surface area contributed by atoms with Crippen molar-refractivity contribution in [3.8, 4) is 5.75 Å². The second-order valence-electron chi connectivity index (χ2n) is 6.16. The molecule has 0 bridgehead atoms. The fraction of sp³-hybridized carbons (Fsp3) is 0.316. The molecular formula is C19H21BrN2O2. The lowest BCUT2D eigenvalue weighted by atomic mass is 10.1. The zero-order valence-corrected chi connectivity index (χ0v) is 15.5. The van der Waals surface area contributed by atoms with Crippen molar-refractivity contribution < 1.29 is 9.90 Å². The second-order valence-corrected chi connectivity index (χ2v) is 7.08. The van der Waals surface area contributed by atoms with E-state index in [1.165, 1.54) is 16.8 Å². The molecule has 5 heteroatoms. The van der Waals surface area contributed by atoms with Gasteiger partial charge in [-0.1, -0.05) is 28.1 Å². The lowest BCUT2D eigenvalue weighted by molar-refractivity contribution is 0.0743. The van der Waals surface area contributed by atoms with Gasteiger partial charge in [-0.2, -0.15) is 0 Å². The van der Waals surface area contributed by atoms with Crippen molar-refractivity contribution in [3.63, 3.8) is 0 Å². The number of anilines is 1. The van der Waals surface area contributed by atoms with E-state index in [0.717, 1.165) is 17.6 Å². The molecule has 0 radical (unpaired) electrons. The van der Waals surface area contributed by atoms with Gasteiger partial charge in [0.25, 0.3) is 5.91 Å². The van der Waals surface area contributed by atoms with Crippen LogP contribution in [0.4, 0.5) is 5.69 Å². The Balaban J connectivity index is 1.72. The van der Waals surface area contributed by atoms with E-state index in [1.54, 1.807) is 18.2 Å². The molecule has 1 amide bonds. The van der Waals surface area contributed by atoms with Crippen LogP contribution in [0.5, 0.6) is 5.75 Å². The maximum absolute atomic E-state index is 12.7. The monoisotopic (exact) mass is 388 g/mol. The second kappa shape index (κ2) is 6.85. The number of aromatic hydroxyl groups is 1. The van der Waals surface area contributed by atoms with Crippen LogP contribution >= 0.6 is 15.9 Å². The van der Waals surface area contributed by atoms with Crippen LogP contribution in [0.15, 0.2) is 40.9 Å². The standard InChI is InChI=1S/C19H21BrN2O2/c1-13-4-3-5-17(14(13)2)21-8-10-22(11-9-21)19(24)16-12-15(20)6-7-18(16)23/h3-7,12,23H,8-11H2,1-2H3. The Morgan fingerprint density at radius 3 is 2.50 bits per heavy atom. The van der Waals surface area contributed by atoms with Crippen molar-refractivity contribution in [1.29, 1.82) is 0 Å². The van der Waals surface area contributed by atoms with Crippen LogP contribution in [0.2, 0.25) is 0 Å². The molecule has 1 aliphatic rings. The van der Waals surface area contributed by atoms with Crippen molar-refractivity contribution in [2.45, 2.75) is 13.8 Å². The third-order valence-electron chi connectivity index (χ3n) is 4.67. The van der Waals surface area contributed by atoms with Gasteiger partial charge in [0.05, 0.1) is 5.56 Å². The first-order valence-electron chi connectivity index (χ1n) is 8.06. The van der Waals surface area contributed by atoms with E-state index in [9.17, 15) is 9.90 Å². The molecule has 0 saturated carbocycles. The molecule has 0 aliphatic carbocycles. The summed E-state index contributed by atoms with van der Waals surface area (Å²) < 4.78 is 0.790. The van der Waals surface area contributed by atoms with Crippen molar-refractivity contribution in [1.82, 2.24) is 4.90 Å². The molecular weight excluding hydrogens is 368 g/mol. The number of phenolic OH excluding ortho intramolecular Hbond substituents is 1. The molecule has 2 aromatic rings. The number of carbonyl (C=O) groups excluding carboxylic acids is 1. The Kier molecular flexibility index (Phi) is 4.81. The smallest absolute Gasteiger partial charge is 0.257 e. The molecule has 24 heavy (non-hydrogen) atoms. The number of halogens is 1. The summed E-state index contributed by atoms with van der Waals surface area (Å²) in [5.41, 5.74) is 4.17. The van der Waals surface area contributed by atoms with Gasteiger partial charge in [-0.25, -0.2) is 0 Å². The molecule has 0 spiro atoms. The molecule has 126 valence electrons. The molecule has 3 rings (SSSR count). The Hall–Kier alpha value is -2.01. The summed E-state index contributed by atoms with van der Waals surface area (Å²) in [5, 5.41) is 9.95. The third kappa shape index (κ3) is 3.26. The molecule has 2 aromatic carbocycles. The highest BCUT2D eigenvalue weighted by Gasteiger charge is 2.24. The van der Waals surface area contributed by atoms with Crippen molar-refractivity contribution >= 4 is 27.5 Å². The van der Waals surface area contributed by atoms with Crippen LogP contribution in [0, 0.1) is 13.8 Å². The highest BCUT2D eigenvalue weighted by Crippen LogP contribution is 2.26. The largest absolute Gasteiger partial charge is 0.507 e. The SMILES string of the molecule is Cc1cccc(N2CCN(C(=O)c3cc(Br)ccc3O)CC2)c1C. The average Bonchev–Trinajstić information content (AvgIpc) is 2.59. The Morgan fingerprint density at radius 1 is 1.08 bits per heavy atom.